The smallest absolute Gasteiger partial charge is 0.237 e. The lowest BCUT2D eigenvalue weighted by Gasteiger charge is -2.05. The molecule has 0 saturated carbocycles. The molecule has 0 amide bonds. The molecule has 2 nitrogen and oxygen atoms in total. The largest absolute Gasteiger partial charge is 0.435 e. The summed E-state index contributed by atoms with van der Waals surface area (Å²) in [6.45, 7) is 1.37. The summed E-state index contributed by atoms with van der Waals surface area (Å²) in [5.41, 5.74) is -1.07. The number of aryl methyl sites for hydroxylation is 1. The van der Waals surface area contributed by atoms with Crippen LogP contribution in [0.15, 0.2) is 24.3 Å². The quantitative estimate of drug-likeness (QED) is 0.719. The molecule has 1 aromatic heterocycles. The van der Waals surface area contributed by atoms with Gasteiger partial charge in [-0.15, -0.1) is 0 Å². The number of hydrogen-bond donors (Lipinski definition) is 0. The molecule has 0 aliphatic heterocycles. The van der Waals surface area contributed by atoms with Crippen molar-refractivity contribution >= 4 is 0 Å². The third-order valence-corrected chi connectivity index (χ3v) is 2.27. The van der Waals surface area contributed by atoms with Crippen LogP contribution in [0.4, 0.5) is 22.0 Å². The highest BCUT2D eigenvalue weighted by Gasteiger charge is 2.34. The van der Waals surface area contributed by atoms with Crippen molar-refractivity contribution in [3.63, 3.8) is 0 Å². The number of benzene rings is 1. The normalized spacial score (nSPS) is 11.9. The van der Waals surface area contributed by atoms with Crippen molar-refractivity contribution in [3.05, 3.63) is 47.3 Å². The molecule has 96 valence electrons. The van der Waals surface area contributed by atoms with E-state index in [-0.39, 0.29) is 11.4 Å². The third kappa shape index (κ3) is 2.34. The Balaban J connectivity index is 2.54. The van der Waals surface area contributed by atoms with Gasteiger partial charge in [-0.05, 0) is 25.1 Å². The van der Waals surface area contributed by atoms with Crippen LogP contribution in [-0.2, 0) is 6.18 Å². The van der Waals surface area contributed by atoms with Crippen molar-refractivity contribution in [1.29, 1.82) is 0 Å². The lowest BCUT2D eigenvalue weighted by Crippen LogP contribution is -2.07. The molecule has 0 bridgehead atoms. The monoisotopic (exact) mass is 262 g/mol. The zero-order chi connectivity index (χ0) is 13.5. The Morgan fingerprint density at radius 3 is 2.00 bits per heavy atom. The van der Waals surface area contributed by atoms with Gasteiger partial charge in [0.05, 0.1) is 5.69 Å². The third-order valence-electron chi connectivity index (χ3n) is 2.27. The van der Waals surface area contributed by atoms with E-state index in [1.165, 1.54) is 6.92 Å². The predicted molar refractivity (Wildman–Crippen MR) is 53.2 cm³/mol. The molecule has 1 heterocycles. The molecule has 7 heteroatoms. The fourth-order valence-electron chi connectivity index (χ4n) is 1.54. The first-order valence-corrected chi connectivity index (χ1v) is 4.88. The van der Waals surface area contributed by atoms with Gasteiger partial charge in [0.25, 0.3) is 0 Å². The van der Waals surface area contributed by atoms with Gasteiger partial charge in [-0.25, -0.2) is 13.5 Å². The average molecular weight is 262 g/mol. The molecular weight excluding hydrogens is 255 g/mol. The summed E-state index contributed by atoms with van der Waals surface area (Å²) in [5.74, 6) is -1.76. The molecule has 1 aromatic carbocycles. The number of hydrogen-bond acceptors (Lipinski definition) is 1. The fraction of sp³-hybridized carbons (Fsp3) is 0.182. The first kappa shape index (κ1) is 12.5. The van der Waals surface area contributed by atoms with Gasteiger partial charge in [0.1, 0.15) is 11.6 Å². The second-order valence-electron chi connectivity index (χ2n) is 3.71. The van der Waals surface area contributed by atoms with Crippen molar-refractivity contribution in [1.82, 2.24) is 9.78 Å². The van der Waals surface area contributed by atoms with Gasteiger partial charge in [0.15, 0.2) is 5.69 Å². The van der Waals surface area contributed by atoms with Crippen LogP contribution in [0.2, 0.25) is 0 Å². The summed E-state index contributed by atoms with van der Waals surface area (Å²) in [5, 5.41) is 3.29. The highest BCUT2D eigenvalue weighted by Crippen LogP contribution is 2.29. The molecule has 2 rings (SSSR count). The Labute approximate surface area is 98.7 Å². The van der Waals surface area contributed by atoms with Crippen LogP contribution < -0.4 is 0 Å². The maximum atomic E-state index is 13.0. The number of nitrogens with zero attached hydrogens (tertiary/aromatic N) is 2. The van der Waals surface area contributed by atoms with Crippen LogP contribution in [0.3, 0.4) is 0 Å². The summed E-state index contributed by atoms with van der Waals surface area (Å²) in [4.78, 5) is 0. The molecule has 0 unspecified atom stereocenters. The Hall–Kier alpha value is -1.92. The molecule has 0 atom stereocenters. The summed E-state index contributed by atoms with van der Waals surface area (Å²) in [6, 6.07) is 3.25. The number of aromatic nitrogens is 2. The van der Waals surface area contributed by atoms with Gasteiger partial charge in [-0.2, -0.15) is 18.3 Å². The van der Waals surface area contributed by atoms with E-state index < -0.39 is 23.5 Å². The highest BCUT2D eigenvalue weighted by atomic mass is 19.4. The van der Waals surface area contributed by atoms with Crippen molar-refractivity contribution in [2.45, 2.75) is 13.1 Å². The maximum Gasteiger partial charge on any atom is 0.435 e. The molecule has 0 aliphatic rings. The first-order valence-electron chi connectivity index (χ1n) is 4.88. The lowest BCUT2D eigenvalue weighted by atomic mass is 10.3. The summed E-state index contributed by atoms with van der Waals surface area (Å²) < 4.78 is 64.1. The van der Waals surface area contributed by atoms with E-state index in [4.69, 9.17) is 0 Å². The van der Waals surface area contributed by atoms with Gasteiger partial charge in [-0.3, -0.25) is 0 Å². The molecule has 0 N–H and O–H groups in total. The minimum atomic E-state index is -4.60. The van der Waals surface area contributed by atoms with E-state index >= 15 is 0 Å². The summed E-state index contributed by atoms with van der Waals surface area (Å²) in [7, 11) is 0. The number of rotatable bonds is 1. The van der Waals surface area contributed by atoms with E-state index in [1.807, 2.05) is 0 Å². The minimum absolute atomic E-state index is 0.0968. The van der Waals surface area contributed by atoms with E-state index in [0.717, 1.165) is 22.9 Å². The van der Waals surface area contributed by atoms with Crippen molar-refractivity contribution < 1.29 is 22.0 Å². The number of alkyl halides is 3. The molecule has 0 fully saturated rings. The molecule has 0 aliphatic carbocycles. The van der Waals surface area contributed by atoms with Crippen molar-refractivity contribution in [2.24, 2.45) is 0 Å². The maximum absolute atomic E-state index is 13.0. The predicted octanol–water partition coefficient (Wildman–Crippen LogP) is 3.48. The zero-order valence-corrected chi connectivity index (χ0v) is 9.09. The van der Waals surface area contributed by atoms with Gasteiger partial charge in [0.2, 0.25) is 0 Å². The van der Waals surface area contributed by atoms with Crippen molar-refractivity contribution in [3.8, 4) is 5.69 Å². The second-order valence-corrected chi connectivity index (χ2v) is 3.71. The summed E-state index contributed by atoms with van der Waals surface area (Å²) in [6.07, 6.45) is -4.60. The first-order chi connectivity index (χ1) is 8.27. The number of halogens is 5. The van der Waals surface area contributed by atoms with Gasteiger partial charge < -0.3 is 0 Å². The van der Waals surface area contributed by atoms with Gasteiger partial charge in [0, 0.05) is 11.8 Å². The van der Waals surface area contributed by atoms with Crippen molar-refractivity contribution in [2.75, 3.05) is 0 Å². The Bertz CT molecular complexity index is 565. The van der Waals surface area contributed by atoms with E-state index in [2.05, 4.69) is 5.10 Å². The molecule has 18 heavy (non-hydrogen) atoms. The standard InChI is InChI=1S/C11H7F5N2/c1-6-2-10(11(14,15)16)17-18(6)9-4-7(12)3-8(13)5-9/h2-5H,1H3. The molecule has 0 spiro atoms. The Morgan fingerprint density at radius 1 is 1.00 bits per heavy atom. The average Bonchev–Trinajstić information content (AvgIpc) is 2.58. The molecular formula is C11H7F5N2. The lowest BCUT2D eigenvalue weighted by molar-refractivity contribution is -0.141. The van der Waals surface area contributed by atoms with Crippen LogP contribution in [0.25, 0.3) is 5.69 Å². The van der Waals surface area contributed by atoms with Gasteiger partial charge >= 0.3 is 6.18 Å². The van der Waals surface area contributed by atoms with Crippen LogP contribution >= 0.6 is 0 Å². The van der Waals surface area contributed by atoms with Crippen LogP contribution in [0.5, 0.6) is 0 Å². The topological polar surface area (TPSA) is 17.8 Å². The minimum Gasteiger partial charge on any atom is -0.237 e. The van der Waals surface area contributed by atoms with E-state index in [0.29, 0.717) is 6.07 Å². The van der Waals surface area contributed by atoms with E-state index in [1.54, 1.807) is 0 Å². The summed E-state index contributed by atoms with van der Waals surface area (Å²) >= 11 is 0. The second kappa shape index (κ2) is 4.08. The molecule has 0 saturated heterocycles. The SMILES string of the molecule is Cc1cc(C(F)(F)F)nn1-c1cc(F)cc(F)c1. The Morgan fingerprint density at radius 2 is 1.56 bits per heavy atom. The molecule has 2 aromatic rings. The fourth-order valence-corrected chi connectivity index (χ4v) is 1.54. The van der Waals surface area contributed by atoms with Gasteiger partial charge in [-0.1, -0.05) is 0 Å². The highest BCUT2D eigenvalue weighted by molar-refractivity contribution is 5.34. The van der Waals surface area contributed by atoms with Crippen LogP contribution in [0, 0.1) is 18.6 Å². The molecule has 0 radical (unpaired) electrons. The van der Waals surface area contributed by atoms with Crippen LogP contribution in [-0.4, -0.2) is 9.78 Å². The Kier molecular flexibility index (Phi) is 2.84. The van der Waals surface area contributed by atoms with Crippen LogP contribution in [0.1, 0.15) is 11.4 Å². The zero-order valence-electron chi connectivity index (χ0n) is 9.09. The van der Waals surface area contributed by atoms with E-state index in [9.17, 15) is 22.0 Å².